The van der Waals surface area contributed by atoms with Crippen molar-refractivity contribution >= 4 is 28.7 Å². The molecule has 1 heterocycles. The fraction of sp³-hybridized carbons (Fsp3) is 0.0769. The highest BCUT2D eigenvalue weighted by atomic mass is 32.1. The zero-order valence-electron chi connectivity index (χ0n) is 10.4. The Kier molecular flexibility index (Phi) is 4.09. The van der Waals surface area contributed by atoms with Crippen LogP contribution >= 0.6 is 11.3 Å². The molecule has 2 aromatic rings. The van der Waals surface area contributed by atoms with Gasteiger partial charge < -0.3 is 5.11 Å². The molecule has 0 aliphatic carbocycles. The summed E-state index contributed by atoms with van der Waals surface area (Å²) in [5.74, 6) is -2.43. The van der Waals surface area contributed by atoms with Crippen LogP contribution in [0, 0.1) is 11.6 Å². The molecule has 20 heavy (non-hydrogen) atoms. The molecule has 7 heteroatoms. The van der Waals surface area contributed by atoms with Gasteiger partial charge in [0.15, 0.2) is 5.82 Å². The van der Waals surface area contributed by atoms with Crippen molar-refractivity contribution in [2.75, 3.05) is 5.43 Å². The molecule has 0 spiro atoms. The fourth-order valence-electron chi connectivity index (χ4n) is 1.43. The van der Waals surface area contributed by atoms with Crippen LogP contribution in [0.25, 0.3) is 0 Å². The molecule has 0 bridgehead atoms. The highest BCUT2D eigenvalue weighted by Crippen LogP contribution is 2.19. The Balaban J connectivity index is 2.15. The predicted octanol–water partition coefficient (Wildman–Crippen LogP) is 3.56. The van der Waals surface area contributed by atoms with Gasteiger partial charge in [-0.25, -0.2) is 13.6 Å². The van der Waals surface area contributed by atoms with E-state index in [4.69, 9.17) is 5.11 Å². The van der Waals surface area contributed by atoms with E-state index in [1.54, 1.807) is 13.0 Å². The van der Waals surface area contributed by atoms with E-state index >= 15 is 0 Å². The van der Waals surface area contributed by atoms with Crippen molar-refractivity contribution in [1.82, 2.24) is 0 Å². The van der Waals surface area contributed by atoms with Gasteiger partial charge in [-0.3, -0.25) is 5.43 Å². The molecule has 0 amide bonds. The van der Waals surface area contributed by atoms with Gasteiger partial charge in [-0.2, -0.15) is 5.10 Å². The minimum Gasteiger partial charge on any atom is -0.477 e. The Morgan fingerprint density at radius 2 is 1.95 bits per heavy atom. The first kappa shape index (κ1) is 14.1. The summed E-state index contributed by atoms with van der Waals surface area (Å²) < 4.78 is 26.1. The number of anilines is 1. The van der Waals surface area contributed by atoms with Gasteiger partial charge in [0.2, 0.25) is 0 Å². The summed E-state index contributed by atoms with van der Waals surface area (Å²) in [6.07, 6.45) is 0. The molecule has 1 aromatic carbocycles. The standard InChI is InChI=1S/C13H10F2N2O2S/c1-7(11-4-5-12(20-11)13(18)19)16-17-10-3-2-8(14)6-9(10)15/h2-6,17H,1H3,(H,18,19)/b16-7-. The monoisotopic (exact) mass is 296 g/mol. The highest BCUT2D eigenvalue weighted by Gasteiger charge is 2.09. The van der Waals surface area contributed by atoms with Crippen molar-refractivity contribution in [2.24, 2.45) is 5.10 Å². The second-order valence-corrected chi connectivity index (χ2v) is 4.99. The third-order valence-corrected chi connectivity index (χ3v) is 3.63. The van der Waals surface area contributed by atoms with Gasteiger partial charge in [-0.1, -0.05) is 0 Å². The number of rotatable bonds is 4. The largest absolute Gasteiger partial charge is 0.477 e. The van der Waals surface area contributed by atoms with Crippen LogP contribution in [0.4, 0.5) is 14.5 Å². The summed E-state index contributed by atoms with van der Waals surface area (Å²) in [7, 11) is 0. The average Bonchev–Trinajstić information content (AvgIpc) is 2.87. The van der Waals surface area contributed by atoms with Gasteiger partial charge in [0.25, 0.3) is 0 Å². The third kappa shape index (κ3) is 3.18. The lowest BCUT2D eigenvalue weighted by Gasteiger charge is -2.03. The number of carboxylic acid groups (broad SMARTS) is 1. The summed E-state index contributed by atoms with van der Waals surface area (Å²) in [6.45, 7) is 1.66. The number of benzene rings is 1. The second kappa shape index (κ2) is 5.79. The first-order valence-corrected chi connectivity index (χ1v) is 6.38. The van der Waals surface area contributed by atoms with Gasteiger partial charge in [-0.05, 0) is 31.2 Å². The molecule has 1 aromatic heterocycles. The Morgan fingerprint density at radius 1 is 1.25 bits per heavy atom. The van der Waals surface area contributed by atoms with Gasteiger partial charge in [-0.15, -0.1) is 11.3 Å². The Morgan fingerprint density at radius 3 is 2.55 bits per heavy atom. The summed E-state index contributed by atoms with van der Waals surface area (Å²) in [6, 6.07) is 6.19. The van der Waals surface area contributed by atoms with Crippen molar-refractivity contribution in [1.29, 1.82) is 0 Å². The Labute approximate surface area is 117 Å². The predicted molar refractivity (Wildman–Crippen MR) is 73.5 cm³/mol. The number of hydrogen-bond donors (Lipinski definition) is 2. The Hall–Kier alpha value is -2.28. The number of hydrazone groups is 1. The number of thiophene rings is 1. The van der Waals surface area contributed by atoms with Crippen molar-refractivity contribution in [3.63, 3.8) is 0 Å². The lowest BCUT2D eigenvalue weighted by Crippen LogP contribution is -1.99. The number of halogens is 2. The maximum Gasteiger partial charge on any atom is 0.345 e. The summed E-state index contributed by atoms with van der Waals surface area (Å²) in [5, 5.41) is 12.8. The Bertz CT molecular complexity index is 683. The molecule has 0 saturated carbocycles. The van der Waals surface area contributed by atoms with E-state index in [9.17, 15) is 13.6 Å². The minimum absolute atomic E-state index is 0.0424. The van der Waals surface area contributed by atoms with Gasteiger partial charge >= 0.3 is 5.97 Å². The molecule has 4 nitrogen and oxygen atoms in total. The molecule has 2 N–H and O–H groups in total. The van der Waals surface area contributed by atoms with E-state index < -0.39 is 17.6 Å². The molecule has 0 aliphatic rings. The molecule has 0 atom stereocenters. The van der Waals surface area contributed by atoms with Crippen LogP contribution in [0.1, 0.15) is 21.5 Å². The summed E-state index contributed by atoms with van der Waals surface area (Å²) >= 11 is 1.07. The van der Waals surface area contributed by atoms with Crippen LogP contribution in [-0.2, 0) is 0 Å². The van der Waals surface area contributed by atoms with Crippen molar-refractivity contribution in [3.05, 3.63) is 51.7 Å². The molecule has 104 valence electrons. The first-order chi connectivity index (χ1) is 9.47. The van der Waals surface area contributed by atoms with E-state index in [0.29, 0.717) is 10.6 Å². The van der Waals surface area contributed by atoms with Crippen LogP contribution in [-0.4, -0.2) is 16.8 Å². The normalized spacial score (nSPS) is 11.4. The lowest BCUT2D eigenvalue weighted by molar-refractivity contribution is 0.0702. The minimum atomic E-state index is -1.01. The second-order valence-electron chi connectivity index (χ2n) is 3.90. The molecular formula is C13H10F2N2O2S. The van der Waals surface area contributed by atoms with E-state index in [1.165, 1.54) is 12.1 Å². The highest BCUT2D eigenvalue weighted by molar-refractivity contribution is 7.15. The number of hydrogen-bond acceptors (Lipinski definition) is 4. The number of aromatic carboxylic acids is 1. The molecule has 0 unspecified atom stereocenters. The molecule has 2 rings (SSSR count). The SMILES string of the molecule is C/C(=N/Nc1ccc(F)cc1F)c1ccc(C(=O)O)s1. The van der Waals surface area contributed by atoms with Gasteiger partial charge in [0, 0.05) is 6.07 Å². The summed E-state index contributed by atoms with van der Waals surface area (Å²) in [4.78, 5) is 11.6. The fourth-order valence-corrected chi connectivity index (χ4v) is 2.22. The van der Waals surface area contributed by atoms with Crippen molar-refractivity contribution < 1.29 is 18.7 Å². The maximum atomic E-state index is 13.4. The average molecular weight is 296 g/mol. The molecular weight excluding hydrogens is 286 g/mol. The maximum absolute atomic E-state index is 13.4. The van der Waals surface area contributed by atoms with Crippen molar-refractivity contribution in [2.45, 2.75) is 6.92 Å². The summed E-state index contributed by atoms with van der Waals surface area (Å²) in [5.41, 5.74) is 3.03. The quantitative estimate of drug-likeness (QED) is 0.670. The van der Waals surface area contributed by atoms with E-state index in [-0.39, 0.29) is 10.6 Å². The van der Waals surface area contributed by atoms with Gasteiger partial charge in [0.05, 0.1) is 16.3 Å². The lowest BCUT2D eigenvalue weighted by atomic mass is 10.3. The number of nitrogens with zero attached hydrogens (tertiary/aromatic N) is 1. The van der Waals surface area contributed by atoms with E-state index in [0.717, 1.165) is 23.5 Å². The topological polar surface area (TPSA) is 61.7 Å². The smallest absolute Gasteiger partial charge is 0.345 e. The molecule has 0 saturated heterocycles. The van der Waals surface area contributed by atoms with Crippen LogP contribution in [0.5, 0.6) is 0 Å². The zero-order valence-corrected chi connectivity index (χ0v) is 11.2. The molecule has 0 fully saturated rings. The zero-order chi connectivity index (χ0) is 14.7. The third-order valence-electron chi connectivity index (χ3n) is 2.45. The van der Waals surface area contributed by atoms with Gasteiger partial charge in [0.1, 0.15) is 10.7 Å². The number of carboxylic acids is 1. The van der Waals surface area contributed by atoms with Crippen LogP contribution in [0.3, 0.4) is 0 Å². The van der Waals surface area contributed by atoms with Crippen LogP contribution in [0.2, 0.25) is 0 Å². The van der Waals surface area contributed by atoms with Crippen LogP contribution in [0.15, 0.2) is 35.4 Å². The molecule has 0 aliphatic heterocycles. The molecule has 0 radical (unpaired) electrons. The van der Waals surface area contributed by atoms with E-state index in [1.807, 2.05) is 0 Å². The van der Waals surface area contributed by atoms with Crippen LogP contribution < -0.4 is 5.43 Å². The number of carbonyl (C=O) groups is 1. The first-order valence-electron chi connectivity index (χ1n) is 5.56. The van der Waals surface area contributed by atoms with E-state index in [2.05, 4.69) is 10.5 Å². The number of nitrogens with one attached hydrogen (secondary N) is 1. The van der Waals surface area contributed by atoms with Crippen molar-refractivity contribution in [3.8, 4) is 0 Å².